The van der Waals surface area contributed by atoms with Crippen molar-refractivity contribution < 1.29 is 9.53 Å². The zero-order valence-corrected chi connectivity index (χ0v) is 12.6. The van der Waals surface area contributed by atoms with Gasteiger partial charge in [-0.3, -0.25) is 4.79 Å². The lowest BCUT2D eigenvalue weighted by molar-refractivity contribution is 0.112. The Morgan fingerprint density at radius 1 is 1.06 bits per heavy atom. The molecule has 18 heavy (non-hydrogen) atoms. The molecule has 0 saturated heterocycles. The van der Waals surface area contributed by atoms with E-state index >= 15 is 0 Å². The van der Waals surface area contributed by atoms with E-state index in [1.165, 1.54) is 0 Å². The van der Waals surface area contributed by atoms with Crippen LogP contribution in [0.3, 0.4) is 0 Å². The highest BCUT2D eigenvalue weighted by molar-refractivity contribution is 9.11. The lowest BCUT2D eigenvalue weighted by Crippen LogP contribution is -1.96. The Morgan fingerprint density at radius 2 is 1.78 bits per heavy atom. The fourth-order valence-corrected chi connectivity index (χ4v) is 2.23. The van der Waals surface area contributed by atoms with Crippen LogP contribution in [0, 0.1) is 0 Å². The Kier molecular flexibility index (Phi) is 4.55. The van der Waals surface area contributed by atoms with Crippen molar-refractivity contribution in [3.8, 4) is 5.75 Å². The Bertz CT molecular complexity index is 550. The summed E-state index contributed by atoms with van der Waals surface area (Å²) in [6.07, 6.45) is 0.814. The van der Waals surface area contributed by atoms with E-state index < -0.39 is 0 Å². The molecule has 0 saturated carbocycles. The average molecular weight is 370 g/mol. The third-order valence-electron chi connectivity index (χ3n) is 2.42. The summed E-state index contributed by atoms with van der Waals surface area (Å²) in [6, 6.07) is 13.0. The Labute approximate surface area is 122 Å². The van der Waals surface area contributed by atoms with Gasteiger partial charge in [-0.1, -0.05) is 31.9 Å². The zero-order valence-electron chi connectivity index (χ0n) is 9.40. The molecule has 0 fully saturated rings. The first kappa shape index (κ1) is 13.3. The fourth-order valence-electron chi connectivity index (χ4n) is 1.46. The van der Waals surface area contributed by atoms with Gasteiger partial charge >= 0.3 is 0 Å². The summed E-state index contributed by atoms with van der Waals surface area (Å²) in [5, 5.41) is 0. The van der Waals surface area contributed by atoms with Gasteiger partial charge in [0.25, 0.3) is 0 Å². The van der Waals surface area contributed by atoms with E-state index in [2.05, 4.69) is 31.9 Å². The van der Waals surface area contributed by atoms with Gasteiger partial charge in [0.1, 0.15) is 18.6 Å². The molecule has 0 radical (unpaired) electrons. The molecule has 92 valence electrons. The number of halogens is 2. The fraction of sp³-hybridized carbons (Fsp3) is 0.0714. The van der Waals surface area contributed by atoms with Crippen LogP contribution in [-0.4, -0.2) is 6.29 Å². The predicted octanol–water partition coefficient (Wildman–Crippen LogP) is 4.60. The monoisotopic (exact) mass is 368 g/mol. The van der Waals surface area contributed by atoms with Gasteiger partial charge in [-0.25, -0.2) is 0 Å². The van der Waals surface area contributed by atoms with Gasteiger partial charge in [0, 0.05) is 20.1 Å². The molecule has 2 nitrogen and oxygen atoms in total. The second-order valence-corrected chi connectivity index (χ2v) is 5.48. The topological polar surface area (TPSA) is 26.3 Å². The number of ether oxygens (including phenoxy) is 1. The molecule has 0 heterocycles. The van der Waals surface area contributed by atoms with Crippen molar-refractivity contribution >= 4 is 38.1 Å². The first-order chi connectivity index (χ1) is 8.69. The van der Waals surface area contributed by atoms with Crippen LogP contribution < -0.4 is 4.74 Å². The molecule has 0 aliphatic heterocycles. The van der Waals surface area contributed by atoms with Crippen LogP contribution in [-0.2, 0) is 6.61 Å². The SMILES string of the molecule is O=Cc1ccc(OCc2cc(Br)ccc2Br)cc1. The maximum Gasteiger partial charge on any atom is 0.150 e. The summed E-state index contributed by atoms with van der Waals surface area (Å²) in [4.78, 5) is 10.5. The molecule has 2 aromatic rings. The van der Waals surface area contributed by atoms with E-state index in [1.54, 1.807) is 24.3 Å². The molecular weight excluding hydrogens is 360 g/mol. The van der Waals surface area contributed by atoms with Crippen LogP contribution in [0.1, 0.15) is 15.9 Å². The van der Waals surface area contributed by atoms with E-state index in [4.69, 9.17) is 4.74 Å². The van der Waals surface area contributed by atoms with Gasteiger partial charge in [-0.05, 0) is 42.5 Å². The number of hydrogen-bond donors (Lipinski definition) is 0. The zero-order chi connectivity index (χ0) is 13.0. The molecule has 2 rings (SSSR count). The number of carbonyl (C=O) groups excluding carboxylic acids is 1. The van der Waals surface area contributed by atoms with Crippen LogP contribution in [0.5, 0.6) is 5.75 Å². The van der Waals surface area contributed by atoms with Crippen molar-refractivity contribution in [2.75, 3.05) is 0 Å². The van der Waals surface area contributed by atoms with Crippen LogP contribution in [0.4, 0.5) is 0 Å². The van der Waals surface area contributed by atoms with Crippen LogP contribution in [0.25, 0.3) is 0 Å². The molecule has 0 unspecified atom stereocenters. The third-order valence-corrected chi connectivity index (χ3v) is 3.69. The Balaban J connectivity index is 2.06. The summed E-state index contributed by atoms with van der Waals surface area (Å²) in [5.41, 5.74) is 1.70. The molecule has 0 N–H and O–H groups in total. The lowest BCUT2D eigenvalue weighted by atomic mass is 10.2. The van der Waals surface area contributed by atoms with Gasteiger partial charge in [0.15, 0.2) is 0 Å². The van der Waals surface area contributed by atoms with Gasteiger partial charge in [0.05, 0.1) is 0 Å². The van der Waals surface area contributed by atoms with E-state index in [0.717, 1.165) is 26.5 Å². The quantitative estimate of drug-likeness (QED) is 0.736. The highest BCUT2D eigenvalue weighted by Crippen LogP contribution is 2.23. The molecule has 2 aromatic carbocycles. The highest BCUT2D eigenvalue weighted by Gasteiger charge is 2.02. The maximum absolute atomic E-state index is 10.5. The summed E-state index contributed by atoms with van der Waals surface area (Å²) < 4.78 is 7.68. The average Bonchev–Trinajstić information content (AvgIpc) is 2.40. The number of carbonyl (C=O) groups is 1. The minimum Gasteiger partial charge on any atom is -0.489 e. The number of rotatable bonds is 4. The van der Waals surface area contributed by atoms with Gasteiger partial charge in [0.2, 0.25) is 0 Å². The third kappa shape index (κ3) is 3.43. The highest BCUT2D eigenvalue weighted by atomic mass is 79.9. The Morgan fingerprint density at radius 3 is 2.44 bits per heavy atom. The van der Waals surface area contributed by atoms with E-state index in [-0.39, 0.29) is 0 Å². The van der Waals surface area contributed by atoms with Crippen molar-refractivity contribution in [1.82, 2.24) is 0 Å². The van der Waals surface area contributed by atoms with Crippen molar-refractivity contribution in [1.29, 1.82) is 0 Å². The first-order valence-electron chi connectivity index (χ1n) is 5.31. The first-order valence-corrected chi connectivity index (χ1v) is 6.89. The molecule has 0 aliphatic rings. The van der Waals surface area contributed by atoms with Crippen LogP contribution in [0.15, 0.2) is 51.4 Å². The molecule has 0 spiro atoms. The standard InChI is InChI=1S/C14H10Br2O2/c15-12-3-6-14(16)11(7-12)9-18-13-4-1-10(8-17)2-5-13/h1-8H,9H2. The molecular formula is C14H10Br2O2. The van der Waals surface area contributed by atoms with Crippen LogP contribution in [0.2, 0.25) is 0 Å². The van der Waals surface area contributed by atoms with Crippen LogP contribution >= 0.6 is 31.9 Å². The summed E-state index contributed by atoms with van der Waals surface area (Å²) in [7, 11) is 0. The number of benzene rings is 2. The van der Waals surface area contributed by atoms with Crippen molar-refractivity contribution in [3.05, 3.63) is 62.5 Å². The normalized spacial score (nSPS) is 10.1. The van der Waals surface area contributed by atoms with Crippen molar-refractivity contribution in [3.63, 3.8) is 0 Å². The number of aldehydes is 1. The molecule has 0 aromatic heterocycles. The molecule has 0 bridgehead atoms. The smallest absolute Gasteiger partial charge is 0.150 e. The summed E-state index contributed by atoms with van der Waals surface area (Å²) in [6.45, 7) is 0.473. The second-order valence-electron chi connectivity index (χ2n) is 3.71. The van der Waals surface area contributed by atoms with E-state index in [0.29, 0.717) is 12.2 Å². The van der Waals surface area contributed by atoms with Crippen molar-refractivity contribution in [2.45, 2.75) is 6.61 Å². The van der Waals surface area contributed by atoms with Gasteiger partial charge in [-0.2, -0.15) is 0 Å². The molecule has 4 heteroatoms. The second kappa shape index (κ2) is 6.16. The van der Waals surface area contributed by atoms with Gasteiger partial charge in [-0.15, -0.1) is 0 Å². The number of hydrogen-bond acceptors (Lipinski definition) is 2. The molecule has 0 aliphatic carbocycles. The maximum atomic E-state index is 10.5. The van der Waals surface area contributed by atoms with E-state index in [9.17, 15) is 4.79 Å². The predicted molar refractivity (Wildman–Crippen MR) is 78.0 cm³/mol. The summed E-state index contributed by atoms with van der Waals surface area (Å²) in [5.74, 6) is 0.743. The summed E-state index contributed by atoms with van der Waals surface area (Å²) >= 11 is 6.91. The minimum atomic E-state index is 0.473. The van der Waals surface area contributed by atoms with Crippen molar-refractivity contribution in [2.24, 2.45) is 0 Å². The molecule has 0 amide bonds. The van der Waals surface area contributed by atoms with E-state index in [1.807, 2.05) is 18.2 Å². The lowest BCUT2D eigenvalue weighted by Gasteiger charge is -2.08. The van der Waals surface area contributed by atoms with Gasteiger partial charge < -0.3 is 4.74 Å². The molecule has 0 atom stereocenters. The largest absolute Gasteiger partial charge is 0.489 e. The Hall–Kier alpha value is -1.13. The minimum absolute atomic E-state index is 0.473.